The molecule has 0 unspecified atom stereocenters. The number of benzene rings is 2. The van der Waals surface area contributed by atoms with Crippen LogP contribution in [0.3, 0.4) is 0 Å². The van der Waals surface area contributed by atoms with Crippen LogP contribution < -0.4 is 20.5 Å². The molecule has 196 valence electrons. The predicted molar refractivity (Wildman–Crippen MR) is 148 cm³/mol. The minimum Gasteiger partial charge on any atom is -0.478 e. The Kier molecular flexibility index (Phi) is 6.68. The van der Waals surface area contributed by atoms with Crippen molar-refractivity contribution in [2.24, 2.45) is 0 Å². The molecule has 0 bridgehead atoms. The number of anilines is 2. The van der Waals surface area contributed by atoms with Gasteiger partial charge >= 0.3 is 17.8 Å². The minimum atomic E-state index is -1.01. The summed E-state index contributed by atoms with van der Waals surface area (Å²) in [4.78, 5) is 46.0. The molecule has 3 heterocycles. The fourth-order valence-corrected chi connectivity index (χ4v) is 4.56. The number of carboxylic acid groups (broad SMARTS) is 1. The molecule has 0 fully saturated rings. The molecule has 10 heteroatoms. The standard InChI is InChI=1S/C29H26N6O4/c1-4-31-26(36)24-16(2)32-29-34-23(27(37)35(29)25(24)17-8-10-20(30-3)11-9-17)15-21-12-13-22(33-21)18-6-5-7-19(14-18)28(38)39/h5-15H,4H2,1-3H3,(H4,30,31,32,33,34,36,37,38,39)/p+1. The van der Waals surface area contributed by atoms with E-state index >= 15 is 0 Å². The molecule has 0 saturated carbocycles. The fourth-order valence-electron chi connectivity index (χ4n) is 4.56. The Balaban J connectivity index is 1.57. The molecular weight excluding hydrogens is 496 g/mol. The molecule has 5 rings (SSSR count). The lowest BCUT2D eigenvalue weighted by molar-refractivity contribution is -0.541. The number of nitrogens with one attached hydrogen (secondary N) is 4. The molecular formula is C29H27N6O4+. The number of hydrogen-bond donors (Lipinski definition) is 5. The molecule has 0 atom stereocenters. The van der Waals surface area contributed by atoms with Crippen molar-refractivity contribution in [2.45, 2.75) is 13.8 Å². The van der Waals surface area contributed by atoms with Crippen molar-refractivity contribution in [2.75, 3.05) is 24.2 Å². The number of carbonyl (C=O) groups excluding carboxylic acids is 2. The first-order chi connectivity index (χ1) is 18.8. The van der Waals surface area contributed by atoms with Crippen molar-refractivity contribution in [3.63, 3.8) is 0 Å². The first kappa shape index (κ1) is 25.4. The minimum absolute atomic E-state index is 0.182. The Morgan fingerprint density at radius 1 is 1.08 bits per heavy atom. The van der Waals surface area contributed by atoms with Gasteiger partial charge in [-0.1, -0.05) is 17.1 Å². The van der Waals surface area contributed by atoms with E-state index in [2.05, 4.69) is 25.9 Å². The zero-order chi connectivity index (χ0) is 27.7. The molecule has 4 aromatic rings. The summed E-state index contributed by atoms with van der Waals surface area (Å²) in [6.45, 7) is 4.01. The second-order valence-electron chi connectivity index (χ2n) is 8.97. The van der Waals surface area contributed by atoms with Crippen LogP contribution in [0.5, 0.6) is 0 Å². The van der Waals surface area contributed by atoms with Gasteiger partial charge in [0, 0.05) is 42.3 Å². The van der Waals surface area contributed by atoms with Crippen LogP contribution in [0.1, 0.15) is 43.8 Å². The van der Waals surface area contributed by atoms with E-state index in [0.29, 0.717) is 52.0 Å². The van der Waals surface area contributed by atoms with Crippen LogP contribution in [0.2, 0.25) is 0 Å². The van der Waals surface area contributed by atoms with Gasteiger partial charge in [0.1, 0.15) is 17.0 Å². The van der Waals surface area contributed by atoms with Crippen LogP contribution >= 0.6 is 0 Å². The SMILES string of the molecule is CCNC(=O)c1c(C)nc2[n+](c1-c1ccc(NC)cc1)C(=O)C(=Cc1ccc(-c3cccc(C(=O)O)c3)[nH]1)N2. The normalized spacial score (nSPS) is 13.2. The van der Waals surface area contributed by atoms with Crippen molar-refractivity contribution in [1.82, 2.24) is 15.3 Å². The summed E-state index contributed by atoms with van der Waals surface area (Å²) in [6, 6.07) is 17.7. The first-order valence-corrected chi connectivity index (χ1v) is 12.4. The highest BCUT2D eigenvalue weighted by Gasteiger charge is 2.40. The summed E-state index contributed by atoms with van der Waals surface area (Å²) in [6.07, 6.45) is 1.66. The Morgan fingerprint density at radius 2 is 1.85 bits per heavy atom. The molecule has 2 aromatic heterocycles. The Morgan fingerprint density at radius 3 is 2.54 bits per heavy atom. The molecule has 2 aromatic carbocycles. The third-order valence-corrected chi connectivity index (χ3v) is 6.43. The van der Waals surface area contributed by atoms with Crippen LogP contribution in [0.25, 0.3) is 28.6 Å². The summed E-state index contributed by atoms with van der Waals surface area (Å²) in [5, 5.41) is 18.3. The summed E-state index contributed by atoms with van der Waals surface area (Å²) in [5.74, 6) is -1.37. The van der Waals surface area contributed by atoms with Crippen LogP contribution in [0.4, 0.5) is 11.6 Å². The van der Waals surface area contributed by atoms with Gasteiger partial charge < -0.3 is 20.7 Å². The van der Waals surface area contributed by atoms with E-state index in [4.69, 9.17) is 0 Å². The molecule has 0 radical (unpaired) electrons. The number of aryl methyl sites for hydroxylation is 1. The first-order valence-electron chi connectivity index (χ1n) is 12.4. The molecule has 0 saturated heterocycles. The molecule has 39 heavy (non-hydrogen) atoms. The number of fused-ring (bicyclic) bond motifs is 1. The third kappa shape index (κ3) is 4.75. The summed E-state index contributed by atoms with van der Waals surface area (Å²) < 4.78 is 1.43. The van der Waals surface area contributed by atoms with Gasteiger partial charge in [-0.3, -0.25) is 4.79 Å². The molecule has 1 aliphatic heterocycles. The van der Waals surface area contributed by atoms with Gasteiger partial charge in [0.05, 0.1) is 5.56 Å². The summed E-state index contributed by atoms with van der Waals surface area (Å²) in [5.41, 5.74) is 5.36. The number of allylic oxidation sites excluding steroid dienone is 1. The lowest BCUT2D eigenvalue weighted by Gasteiger charge is -2.12. The van der Waals surface area contributed by atoms with Crippen molar-refractivity contribution >= 4 is 35.5 Å². The zero-order valence-electron chi connectivity index (χ0n) is 21.6. The van der Waals surface area contributed by atoms with Crippen LogP contribution in [-0.4, -0.2) is 46.5 Å². The summed E-state index contributed by atoms with van der Waals surface area (Å²) in [7, 11) is 1.82. The van der Waals surface area contributed by atoms with E-state index in [-0.39, 0.29) is 23.1 Å². The van der Waals surface area contributed by atoms with Gasteiger partial charge in [-0.15, -0.1) is 0 Å². The third-order valence-electron chi connectivity index (χ3n) is 6.43. The molecule has 0 aliphatic carbocycles. The van der Waals surface area contributed by atoms with E-state index < -0.39 is 5.97 Å². The number of amides is 1. The quantitative estimate of drug-likeness (QED) is 0.183. The number of aromatic carboxylic acids is 1. The van der Waals surface area contributed by atoms with Crippen LogP contribution in [-0.2, 0) is 0 Å². The van der Waals surface area contributed by atoms with E-state index in [1.54, 1.807) is 37.3 Å². The smallest absolute Gasteiger partial charge is 0.405 e. The van der Waals surface area contributed by atoms with Crippen LogP contribution in [0, 0.1) is 6.92 Å². The zero-order valence-corrected chi connectivity index (χ0v) is 21.6. The number of aromatic nitrogens is 3. The molecule has 10 nitrogen and oxygen atoms in total. The number of H-pyrrole nitrogens is 1. The van der Waals surface area contributed by atoms with Crippen molar-refractivity contribution in [3.05, 3.63) is 88.9 Å². The van der Waals surface area contributed by atoms with E-state index in [0.717, 1.165) is 5.69 Å². The molecule has 0 spiro atoms. The Labute approximate surface area is 224 Å². The van der Waals surface area contributed by atoms with Gasteiger partial charge in [0.25, 0.3) is 5.91 Å². The maximum Gasteiger partial charge on any atom is 0.405 e. The lowest BCUT2D eigenvalue weighted by atomic mass is 10.0. The second-order valence-corrected chi connectivity index (χ2v) is 8.97. The number of hydrogen-bond acceptors (Lipinski definition) is 6. The highest BCUT2D eigenvalue weighted by Crippen LogP contribution is 2.29. The number of rotatable bonds is 7. The average Bonchev–Trinajstić information content (AvgIpc) is 3.52. The van der Waals surface area contributed by atoms with Gasteiger partial charge in [0.15, 0.2) is 5.70 Å². The van der Waals surface area contributed by atoms with E-state index in [9.17, 15) is 19.5 Å². The van der Waals surface area contributed by atoms with Gasteiger partial charge in [-0.25, -0.2) is 14.9 Å². The van der Waals surface area contributed by atoms with Gasteiger partial charge in [-0.05, 0) is 67.9 Å². The van der Waals surface area contributed by atoms with Crippen LogP contribution in [0.15, 0.2) is 66.4 Å². The monoisotopic (exact) mass is 523 g/mol. The number of aromatic amines is 1. The number of nitrogens with zero attached hydrogens (tertiary/aromatic N) is 2. The predicted octanol–water partition coefficient (Wildman–Crippen LogP) is 3.94. The molecule has 1 amide bonds. The Hall–Kier alpha value is -5.25. The lowest BCUT2D eigenvalue weighted by Crippen LogP contribution is -2.44. The van der Waals surface area contributed by atoms with Crippen molar-refractivity contribution < 1.29 is 24.1 Å². The molecule has 1 aliphatic rings. The Bertz CT molecular complexity index is 1650. The maximum absolute atomic E-state index is 13.7. The van der Waals surface area contributed by atoms with Gasteiger partial charge in [0.2, 0.25) is 0 Å². The fraction of sp³-hybridized carbons (Fsp3) is 0.138. The maximum atomic E-state index is 13.7. The average molecular weight is 524 g/mol. The largest absolute Gasteiger partial charge is 0.478 e. The highest BCUT2D eigenvalue weighted by atomic mass is 16.4. The van der Waals surface area contributed by atoms with E-state index in [1.807, 2.05) is 44.3 Å². The van der Waals surface area contributed by atoms with Crippen molar-refractivity contribution in [3.8, 4) is 22.5 Å². The van der Waals surface area contributed by atoms with E-state index in [1.165, 1.54) is 10.6 Å². The summed E-state index contributed by atoms with van der Waals surface area (Å²) >= 11 is 0. The number of carbonyl (C=O) groups is 3. The van der Waals surface area contributed by atoms with Crippen molar-refractivity contribution in [1.29, 1.82) is 0 Å². The highest BCUT2D eigenvalue weighted by molar-refractivity contribution is 6.04. The second kappa shape index (κ2) is 10.3. The van der Waals surface area contributed by atoms with Gasteiger partial charge in [-0.2, -0.15) is 4.57 Å². The topological polar surface area (TPSA) is 140 Å². The number of carboxylic acids is 1. The molecule has 5 N–H and O–H groups in total.